The largest absolute Gasteiger partial charge is 0.493 e. The van der Waals surface area contributed by atoms with Gasteiger partial charge in [0.05, 0.1) is 13.7 Å². The minimum Gasteiger partial charge on any atom is -0.493 e. The Morgan fingerprint density at radius 1 is 1.03 bits per heavy atom. The topological polar surface area (TPSA) is 59.1 Å². The van der Waals surface area contributed by atoms with Crippen molar-refractivity contribution in [3.63, 3.8) is 0 Å². The summed E-state index contributed by atoms with van der Waals surface area (Å²) in [5.41, 5.74) is 2.22. The Labute approximate surface area is 204 Å². The maximum atomic E-state index is 13.9. The van der Waals surface area contributed by atoms with Crippen LogP contribution < -0.4 is 9.47 Å². The number of nitrogens with zero attached hydrogens (tertiary/aromatic N) is 2. The van der Waals surface area contributed by atoms with E-state index in [1.165, 1.54) is 24.8 Å². The Morgan fingerprint density at radius 3 is 2.56 bits per heavy atom. The summed E-state index contributed by atoms with van der Waals surface area (Å²) in [7, 11) is 1.62. The molecule has 1 saturated carbocycles. The smallest absolute Gasteiger partial charge is 0.250 e. The van der Waals surface area contributed by atoms with Crippen molar-refractivity contribution in [2.45, 2.75) is 89.6 Å². The first kappa shape index (κ1) is 24.6. The van der Waals surface area contributed by atoms with Crippen LogP contribution in [0.5, 0.6) is 11.5 Å². The van der Waals surface area contributed by atoms with Gasteiger partial charge in [0, 0.05) is 12.6 Å². The van der Waals surface area contributed by atoms with Crippen molar-refractivity contribution < 1.29 is 19.1 Å². The number of benzene rings is 1. The molecule has 0 N–H and O–H groups in total. The van der Waals surface area contributed by atoms with Crippen molar-refractivity contribution in [1.82, 2.24) is 9.80 Å². The molecule has 1 aliphatic heterocycles. The lowest BCUT2D eigenvalue weighted by molar-refractivity contribution is -0.159. The normalized spacial score (nSPS) is 22.1. The van der Waals surface area contributed by atoms with E-state index >= 15 is 0 Å². The van der Waals surface area contributed by atoms with Crippen molar-refractivity contribution in [1.29, 1.82) is 0 Å². The first-order chi connectivity index (χ1) is 16.6. The molecule has 4 rings (SSSR count). The molecule has 0 radical (unpaired) electrons. The molecule has 6 nitrogen and oxygen atoms in total. The van der Waals surface area contributed by atoms with Gasteiger partial charge in [0.2, 0.25) is 5.91 Å². The van der Waals surface area contributed by atoms with E-state index in [2.05, 4.69) is 13.0 Å². The van der Waals surface area contributed by atoms with Gasteiger partial charge in [0.1, 0.15) is 12.6 Å². The average Bonchev–Trinajstić information content (AvgIpc) is 2.88. The van der Waals surface area contributed by atoms with Crippen LogP contribution in [0.3, 0.4) is 0 Å². The van der Waals surface area contributed by atoms with Crippen LogP contribution in [0.1, 0.15) is 89.2 Å². The molecule has 0 unspecified atom stereocenters. The maximum Gasteiger partial charge on any atom is 0.250 e. The molecule has 2 aliphatic carbocycles. The Kier molecular flexibility index (Phi) is 8.52. The van der Waals surface area contributed by atoms with E-state index < -0.39 is 6.04 Å². The number of hydrogen-bond acceptors (Lipinski definition) is 4. The zero-order chi connectivity index (χ0) is 23.9. The second-order valence-electron chi connectivity index (χ2n) is 9.86. The summed E-state index contributed by atoms with van der Waals surface area (Å²) in [4.78, 5) is 31.1. The van der Waals surface area contributed by atoms with Gasteiger partial charge in [-0.05, 0) is 69.1 Å². The summed E-state index contributed by atoms with van der Waals surface area (Å²) in [6, 6.07) is 5.26. The molecule has 1 atom stereocenters. The van der Waals surface area contributed by atoms with Crippen LogP contribution in [-0.2, 0) is 9.59 Å². The highest BCUT2D eigenvalue weighted by molar-refractivity contribution is 5.96. The van der Waals surface area contributed by atoms with E-state index in [4.69, 9.17) is 9.47 Å². The molecule has 1 heterocycles. The van der Waals surface area contributed by atoms with E-state index in [0.717, 1.165) is 56.9 Å². The molecule has 186 valence electrons. The molecule has 6 heteroatoms. The Morgan fingerprint density at radius 2 is 1.85 bits per heavy atom. The van der Waals surface area contributed by atoms with Crippen LogP contribution in [-0.4, -0.2) is 54.5 Å². The van der Waals surface area contributed by atoms with E-state index in [-0.39, 0.29) is 24.4 Å². The SMILES string of the molecule is CCCOc1ccc([C@@H]2C(=O)N(C3CCCCC3)CC(=O)N2CCC2=CCCCC2)cc1OC. The first-order valence-electron chi connectivity index (χ1n) is 13.2. The Bertz CT molecular complexity index is 890. The number of hydrogen-bond donors (Lipinski definition) is 0. The molecule has 0 aromatic heterocycles. The van der Waals surface area contributed by atoms with Gasteiger partial charge in [-0.15, -0.1) is 0 Å². The molecule has 2 fully saturated rings. The zero-order valence-electron chi connectivity index (χ0n) is 20.9. The molecule has 1 aromatic rings. The van der Waals surface area contributed by atoms with Crippen molar-refractivity contribution in [2.24, 2.45) is 0 Å². The van der Waals surface area contributed by atoms with Crippen LogP contribution in [0, 0.1) is 0 Å². The third kappa shape index (κ3) is 5.59. The molecular formula is C28H40N2O4. The lowest BCUT2D eigenvalue weighted by Crippen LogP contribution is -2.58. The third-order valence-corrected chi connectivity index (χ3v) is 7.49. The lowest BCUT2D eigenvalue weighted by Gasteiger charge is -2.44. The zero-order valence-corrected chi connectivity index (χ0v) is 20.9. The van der Waals surface area contributed by atoms with Gasteiger partial charge in [-0.1, -0.05) is 43.9 Å². The fraction of sp³-hybridized carbons (Fsp3) is 0.643. The quantitative estimate of drug-likeness (QED) is 0.454. The fourth-order valence-electron chi connectivity index (χ4n) is 5.61. The highest BCUT2D eigenvalue weighted by Crippen LogP contribution is 2.37. The van der Waals surface area contributed by atoms with Crippen LogP contribution >= 0.6 is 0 Å². The molecule has 34 heavy (non-hydrogen) atoms. The predicted molar refractivity (Wildman–Crippen MR) is 133 cm³/mol. The summed E-state index contributed by atoms with van der Waals surface area (Å²) in [5, 5.41) is 0. The van der Waals surface area contributed by atoms with E-state index in [1.807, 2.05) is 28.0 Å². The van der Waals surface area contributed by atoms with Gasteiger partial charge in [-0.25, -0.2) is 0 Å². The maximum absolute atomic E-state index is 13.9. The molecule has 0 spiro atoms. The molecule has 2 amide bonds. The number of methoxy groups -OCH3 is 1. The van der Waals surface area contributed by atoms with Gasteiger partial charge >= 0.3 is 0 Å². The number of rotatable bonds is 9. The molecule has 3 aliphatic rings. The number of piperazine rings is 1. The van der Waals surface area contributed by atoms with Crippen molar-refractivity contribution in [3.05, 3.63) is 35.4 Å². The first-order valence-corrected chi connectivity index (χ1v) is 13.2. The van der Waals surface area contributed by atoms with Crippen molar-refractivity contribution in [2.75, 3.05) is 26.8 Å². The van der Waals surface area contributed by atoms with Crippen LogP contribution in [0.15, 0.2) is 29.8 Å². The summed E-state index contributed by atoms with van der Waals surface area (Å²) >= 11 is 0. The third-order valence-electron chi connectivity index (χ3n) is 7.49. The monoisotopic (exact) mass is 468 g/mol. The van der Waals surface area contributed by atoms with Gasteiger partial charge < -0.3 is 19.3 Å². The summed E-state index contributed by atoms with van der Waals surface area (Å²) < 4.78 is 11.4. The molecule has 0 bridgehead atoms. The Balaban J connectivity index is 1.62. The highest BCUT2D eigenvalue weighted by Gasteiger charge is 2.43. The standard InChI is InChI=1S/C28H40N2O4/c1-3-18-34-24-15-14-22(19-25(24)33-2)27-28(32)30(23-12-8-5-9-13-23)20-26(31)29(27)17-16-21-10-6-4-7-11-21/h10,14-15,19,23,27H,3-9,11-13,16-18,20H2,1-2H3/t27-/m1/s1. The van der Waals surface area contributed by atoms with Gasteiger partial charge in [-0.2, -0.15) is 0 Å². The minimum atomic E-state index is -0.610. The lowest BCUT2D eigenvalue weighted by atomic mass is 9.91. The van der Waals surface area contributed by atoms with Gasteiger partial charge in [-0.3, -0.25) is 9.59 Å². The summed E-state index contributed by atoms with van der Waals surface area (Å²) in [6.45, 7) is 3.45. The second kappa shape index (κ2) is 11.8. The van der Waals surface area contributed by atoms with Crippen LogP contribution in [0.2, 0.25) is 0 Å². The van der Waals surface area contributed by atoms with Crippen molar-refractivity contribution >= 4 is 11.8 Å². The average molecular weight is 469 g/mol. The van der Waals surface area contributed by atoms with Gasteiger partial charge in [0.25, 0.3) is 5.91 Å². The van der Waals surface area contributed by atoms with E-state index in [0.29, 0.717) is 24.7 Å². The molecule has 1 saturated heterocycles. The number of amides is 2. The van der Waals surface area contributed by atoms with E-state index in [9.17, 15) is 9.59 Å². The van der Waals surface area contributed by atoms with Gasteiger partial charge in [0.15, 0.2) is 11.5 Å². The number of carbonyl (C=O) groups excluding carboxylic acids is 2. The van der Waals surface area contributed by atoms with Crippen LogP contribution in [0.25, 0.3) is 0 Å². The van der Waals surface area contributed by atoms with Crippen molar-refractivity contribution in [3.8, 4) is 11.5 Å². The number of carbonyl (C=O) groups is 2. The summed E-state index contributed by atoms with van der Waals surface area (Å²) in [6.07, 6.45) is 14.2. The molecule has 1 aromatic carbocycles. The predicted octanol–water partition coefficient (Wildman–Crippen LogP) is 5.42. The summed E-state index contributed by atoms with van der Waals surface area (Å²) in [5.74, 6) is 1.38. The number of allylic oxidation sites excluding steroid dienone is 1. The molecular weight excluding hydrogens is 428 g/mol. The minimum absolute atomic E-state index is 0.0494. The van der Waals surface area contributed by atoms with E-state index in [1.54, 1.807) is 7.11 Å². The highest BCUT2D eigenvalue weighted by atomic mass is 16.5. The number of ether oxygens (including phenoxy) is 2. The van der Waals surface area contributed by atoms with Crippen LogP contribution in [0.4, 0.5) is 0 Å². The Hall–Kier alpha value is -2.50. The second-order valence-corrected chi connectivity index (χ2v) is 9.86. The fourth-order valence-corrected chi connectivity index (χ4v) is 5.61.